The van der Waals surface area contributed by atoms with Gasteiger partial charge in [-0.3, -0.25) is 4.79 Å². The van der Waals surface area contributed by atoms with Crippen LogP contribution >= 0.6 is 12.4 Å². The minimum absolute atomic E-state index is 0. The van der Waals surface area contributed by atoms with Gasteiger partial charge in [0.05, 0.1) is 13.1 Å². The lowest BCUT2D eigenvalue weighted by Gasteiger charge is -2.39. The van der Waals surface area contributed by atoms with Gasteiger partial charge in [-0.05, 0) is 6.92 Å². The number of hydrogen-bond acceptors (Lipinski definition) is 4. The molecule has 1 heterocycles. The first-order valence-electron chi connectivity index (χ1n) is 3.29. The molecule has 1 rings (SSSR count). The molecule has 0 aromatic heterocycles. The van der Waals surface area contributed by atoms with Gasteiger partial charge in [-0.15, -0.1) is 12.4 Å². The third kappa shape index (κ3) is 2.32. The Morgan fingerprint density at radius 2 is 2.27 bits per heavy atom. The largest absolute Gasteiger partial charge is 0.432 e. The number of ether oxygens (including phenoxy) is 2. The van der Waals surface area contributed by atoms with Crippen LogP contribution in [0.4, 0.5) is 0 Å². The molecule has 0 spiro atoms. The van der Waals surface area contributed by atoms with E-state index in [1.807, 2.05) is 6.92 Å². The Kier molecular flexibility index (Phi) is 4.40. The summed E-state index contributed by atoms with van der Waals surface area (Å²) in [6.07, 6.45) is 0. The summed E-state index contributed by atoms with van der Waals surface area (Å²) in [6.45, 7) is 4.05. The average Bonchev–Trinajstić information content (AvgIpc) is 1.84. The quantitative estimate of drug-likeness (QED) is 0.487. The van der Waals surface area contributed by atoms with E-state index in [1.54, 1.807) is 0 Å². The average molecular weight is 182 g/mol. The molecular weight excluding hydrogens is 170 g/mol. The van der Waals surface area contributed by atoms with Gasteiger partial charge in [0, 0.05) is 6.61 Å². The number of halogens is 1. The van der Waals surface area contributed by atoms with Gasteiger partial charge in [0.25, 0.3) is 6.47 Å². The second kappa shape index (κ2) is 4.54. The van der Waals surface area contributed by atoms with E-state index in [9.17, 15) is 4.79 Å². The normalized spacial score (nSPS) is 19.4. The number of carbonyl (C=O) groups excluding carboxylic acids is 1. The molecule has 66 valence electrons. The number of nitrogens with one attached hydrogen (secondary N) is 1. The van der Waals surface area contributed by atoms with Gasteiger partial charge in [-0.25, -0.2) is 0 Å². The van der Waals surface area contributed by atoms with Gasteiger partial charge in [0.15, 0.2) is 0 Å². The molecule has 1 fully saturated rings. The van der Waals surface area contributed by atoms with E-state index in [0.29, 0.717) is 26.2 Å². The summed E-state index contributed by atoms with van der Waals surface area (Å²) >= 11 is 0. The molecule has 0 saturated carbocycles. The Labute approximate surface area is 71.6 Å². The third-order valence-electron chi connectivity index (χ3n) is 1.46. The van der Waals surface area contributed by atoms with E-state index in [0.717, 1.165) is 0 Å². The standard InChI is InChI=1S/C6H11NO3.ClH/c1-2-9-6(10-5-8)3-7-4-6;/h5,7H,2-4H2,1H3;1H. The summed E-state index contributed by atoms with van der Waals surface area (Å²) in [4.78, 5) is 9.96. The van der Waals surface area contributed by atoms with Crippen molar-refractivity contribution >= 4 is 18.9 Å². The second-order valence-corrected chi connectivity index (χ2v) is 2.16. The fourth-order valence-corrected chi connectivity index (χ4v) is 0.899. The summed E-state index contributed by atoms with van der Waals surface area (Å²) in [6, 6.07) is 0. The second-order valence-electron chi connectivity index (χ2n) is 2.16. The van der Waals surface area contributed by atoms with Crippen molar-refractivity contribution in [2.75, 3.05) is 19.7 Å². The molecule has 1 N–H and O–H groups in total. The van der Waals surface area contributed by atoms with Crippen LogP contribution in [-0.2, 0) is 14.3 Å². The maximum atomic E-state index is 9.96. The van der Waals surface area contributed by atoms with Crippen molar-refractivity contribution in [1.29, 1.82) is 0 Å². The Morgan fingerprint density at radius 1 is 1.64 bits per heavy atom. The lowest BCUT2D eigenvalue weighted by atomic mass is 10.1. The Morgan fingerprint density at radius 3 is 2.55 bits per heavy atom. The first kappa shape index (κ1) is 10.7. The van der Waals surface area contributed by atoms with Crippen molar-refractivity contribution in [2.24, 2.45) is 0 Å². The van der Waals surface area contributed by atoms with Gasteiger partial charge < -0.3 is 14.8 Å². The fourth-order valence-electron chi connectivity index (χ4n) is 0.899. The van der Waals surface area contributed by atoms with E-state index in [1.165, 1.54) is 0 Å². The van der Waals surface area contributed by atoms with E-state index >= 15 is 0 Å². The van der Waals surface area contributed by atoms with Gasteiger partial charge >= 0.3 is 0 Å². The van der Waals surface area contributed by atoms with Crippen molar-refractivity contribution in [3.05, 3.63) is 0 Å². The third-order valence-corrected chi connectivity index (χ3v) is 1.46. The maximum absolute atomic E-state index is 9.96. The van der Waals surface area contributed by atoms with Crippen LogP contribution in [0.5, 0.6) is 0 Å². The van der Waals surface area contributed by atoms with Crippen molar-refractivity contribution in [3.63, 3.8) is 0 Å². The Hall–Kier alpha value is -0.320. The zero-order valence-electron chi connectivity index (χ0n) is 6.33. The SMILES string of the molecule is CCOC1(OC=O)CNC1.Cl. The lowest BCUT2D eigenvalue weighted by molar-refractivity contribution is -0.239. The summed E-state index contributed by atoms with van der Waals surface area (Å²) in [7, 11) is 0. The molecular formula is C6H12ClNO3. The first-order chi connectivity index (χ1) is 4.83. The zero-order valence-corrected chi connectivity index (χ0v) is 7.15. The smallest absolute Gasteiger partial charge is 0.295 e. The molecule has 1 aliphatic heterocycles. The van der Waals surface area contributed by atoms with Gasteiger partial charge in [0.2, 0.25) is 5.79 Å². The topological polar surface area (TPSA) is 47.6 Å². The molecule has 0 atom stereocenters. The lowest BCUT2D eigenvalue weighted by Crippen LogP contribution is -2.62. The highest BCUT2D eigenvalue weighted by molar-refractivity contribution is 5.85. The highest BCUT2D eigenvalue weighted by Crippen LogP contribution is 2.16. The predicted molar refractivity (Wildman–Crippen MR) is 41.6 cm³/mol. The van der Waals surface area contributed by atoms with E-state index in [-0.39, 0.29) is 12.4 Å². The van der Waals surface area contributed by atoms with Gasteiger partial charge in [0.1, 0.15) is 0 Å². The van der Waals surface area contributed by atoms with Crippen molar-refractivity contribution in [1.82, 2.24) is 5.32 Å². The van der Waals surface area contributed by atoms with Crippen molar-refractivity contribution in [2.45, 2.75) is 12.7 Å². The molecule has 11 heavy (non-hydrogen) atoms. The number of carbonyl (C=O) groups is 1. The molecule has 0 radical (unpaired) electrons. The van der Waals surface area contributed by atoms with Crippen LogP contribution in [0.1, 0.15) is 6.92 Å². The van der Waals surface area contributed by atoms with Crippen LogP contribution < -0.4 is 5.32 Å². The van der Waals surface area contributed by atoms with E-state index in [2.05, 4.69) is 5.32 Å². The molecule has 0 aromatic carbocycles. The van der Waals surface area contributed by atoms with Crippen LogP contribution in [0.25, 0.3) is 0 Å². The van der Waals surface area contributed by atoms with Crippen LogP contribution in [0, 0.1) is 0 Å². The molecule has 0 amide bonds. The number of hydrogen-bond donors (Lipinski definition) is 1. The maximum Gasteiger partial charge on any atom is 0.295 e. The Balaban J connectivity index is 0.000001000. The minimum atomic E-state index is -0.656. The first-order valence-corrected chi connectivity index (χ1v) is 3.29. The van der Waals surface area contributed by atoms with Crippen LogP contribution in [0.15, 0.2) is 0 Å². The van der Waals surface area contributed by atoms with Gasteiger partial charge in [-0.2, -0.15) is 0 Å². The van der Waals surface area contributed by atoms with Crippen LogP contribution in [0.3, 0.4) is 0 Å². The molecule has 0 unspecified atom stereocenters. The van der Waals surface area contributed by atoms with Crippen molar-refractivity contribution < 1.29 is 14.3 Å². The number of rotatable bonds is 4. The summed E-state index contributed by atoms with van der Waals surface area (Å²) in [5.74, 6) is -0.656. The Bertz CT molecular complexity index is 127. The minimum Gasteiger partial charge on any atom is -0.432 e. The van der Waals surface area contributed by atoms with Gasteiger partial charge in [-0.1, -0.05) is 0 Å². The summed E-state index contributed by atoms with van der Waals surface area (Å²) in [5.41, 5.74) is 0. The summed E-state index contributed by atoms with van der Waals surface area (Å²) < 4.78 is 9.93. The monoisotopic (exact) mass is 181 g/mol. The van der Waals surface area contributed by atoms with Crippen molar-refractivity contribution in [3.8, 4) is 0 Å². The highest BCUT2D eigenvalue weighted by Gasteiger charge is 2.39. The van der Waals surface area contributed by atoms with E-state index < -0.39 is 5.79 Å². The molecule has 0 bridgehead atoms. The molecule has 5 heteroatoms. The van der Waals surface area contributed by atoms with E-state index in [4.69, 9.17) is 9.47 Å². The van der Waals surface area contributed by atoms with Crippen LogP contribution in [-0.4, -0.2) is 32.0 Å². The predicted octanol–water partition coefficient (Wildman–Crippen LogP) is -0.0828. The summed E-state index contributed by atoms with van der Waals surface area (Å²) in [5, 5.41) is 2.96. The fraction of sp³-hybridized carbons (Fsp3) is 0.833. The van der Waals surface area contributed by atoms with Crippen LogP contribution in [0.2, 0.25) is 0 Å². The molecule has 4 nitrogen and oxygen atoms in total. The zero-order chi connectivity index (χ0) is 7.45. The molecule has 1 aliphatic rings. The molecule has 1 saturated heterocycles. The highest BCUT2D eigenvalue weighted by atomic mass is 35.5. The molecule has 0 aliphatic carbocycles. The molecule has 0 aromatic rings.